The van der Waals surface area contributed by atoms with E-state index in [-0.39, 0.29) is 12.2 Å². The van der Waals surface area contributed by atoms with Crippen molar-refractivity contribution >= 4 is 11.8 Å². The topological polar surface area (TPSA) is 33.7 Å². The quantitative estimate of drug-likeness (QED) is 0.775. The fourth-order valence-corrected chi connectivity index (χ4v) is 4.03. The molecular formula is C13H26N2O2S. The molecule has 4 nitrogen and oxygen atoms in total. The molecule has 0 aromatic carbocycles. The normalized spacial score (nSPS) is 31.0. The molecule has 0 radical (unpaired) electrons. The molecule has 0 bridgehead atoms. The van der Waals surface area contributed by atoms with Gasteiger partial charge >= 0.3 is 0 Å². The molecule has 0 spiro atoms. The summed E-state index contributed by atoms with van der Waals surface area (Å²) in [5.74, 6) is 1.23. The summed E-state index contributed by atoms with van der Waals surface area (Å²) in [6.45, 7) is 5.58. The largest absolute Gasteiger partial charge is 0.377 e. The van der Waals surface area contributed by atoms with Gasteiger partial charge in [-0.2, -0.15) is 11.8 Å². The van der Waals surface area contributed by atoms with E-state index in [0.717, 1.165) is 24.9 Å². The second-order valence-corrected chi connectivity index (χ2v) is 6.54. The van der Waals surface area contributed by atoms with E-state index in [1.54, 1.807) is 14.2 Å². The summed E-state index contributed by atoms with van der Waals surface area (Å²) in [6.07, 6.45) is 3.15. The number of nitrogens with one attached hydrogen (secondary N) is 1. The average Bonchev–Trinajstić information content (AvgIpc) is 2.82. The summed E-state index contributed by atoms with van der Waals surface area (Å²) < 4.78 is 10.9. The van der Waals surface area contributed by atoms with Crippen LogP contribution in [0, 0.1) is 0 Å². The lowest BCUT2D eigenvalue weighted by atomic mass is 10.2. The monoisotopic (exact) mass is 274 g/mol. The van der Waals surface area contributed by atoms with Crippen molar-refractivity contribution in [1.82, 2.24) is 10.2 Å². The molecule has 0 amide bonds. The second-order valence-electron chi connectivity index (χ2n) is 5.13. The molecule has 0 aromatic rings. The third-order valence-electron chi connectivity index (χ3n) is 3.94. The van der Waals surface area contributed by atoms with Gasteiger partial charge in [-0.15, -0.1) is 0 Å². The molecule has 2 aliphatic rings. The number of ether oxygens (including phenoxy) is 2. The molecule has 2 saturated heterocycles. The molecule has 2 aliphatic heterocycles. The smallest absolute Gasteiger partial charge is 0.0971 e. The summed E-state index contributed by atoms with van der Waals surface area (Å²) in [5, 5.41) is 4.28. The van der Waals surface area contributed by atoms with Crippen LogP contribution in [-0.2, 0) is 9.47 Å². The van der Waals surface area contributed by atoms with Crippen LogP contribution in [-0.4, -0.2) is 75.1 Å². The van der Waals surface area contributed by atoms with Crippen LogP contribution in [0.25, 0.3) is 0 Å². The Kier molecular flexibility index (Phi) is 6.24. The molecule has 2 atom stereocenters. The summed E-state index contributed by atoms with van der Waals surface area (Å²) in [5.41, 5.74) is 0. The summed E-state index contributed by atoms with van der Waals surface area (Å²) >= 11 is 2.14. The Balaban J connectivity index is 1.62. The third kappa shape index (κ3) is 4.10. The fraction of sp³-hybridized carbons (Fsp3) is 1.00. The van der Waals surface area contributed by atoms with Crippen molar-refractivity contribution in [3.63, 3.8) is 0 Å². The van der Waals surface area contributed by atoms with E-state index < -0.39 is 0 Å². The molecule has 0 aliphatic carbocycles. The SMILES string of the molecule is COC1CN(CCSC2CCNCC2)CC1OC. The Morgan fingerprint density at radius 3 is 2.28 bits per heavy atom. The maximum atomic E-state index is 5.46. The van der Waals surface area contributed by atoms with Crippen molar-refractivity contribution < 1.29 is 9.47 Å². The highest BCUT2D eigenvalue weighted by Crippen LogP contribution is 2.21. The molecule has 2 rings (SSSR count). The van der Waals surface area contributed by atoms with Gasteiger partial charge in [-0.25, -0.2) is 0 Å². The first-order chi connectivity index (χ1) is 8.83. The zero-order valence-electron chi connectivity index (χ0n) is 11.6. The Morgan fingerprint density at radius 1 is 1.11 bits per heavy atom. The standard InChI is InChI=1S/C13H26N2O2S/c1-16-12-9-15(10-13(12)17-2)7-8-18-11-3-5-14-6-4-11/h11-14H,3-10H2,1-2H3. The fourth-order valence-electron chi connectivity index (χ4n) is 2.76. The minimum atomic E-state index is 0.249. The highest BCUT2D eigenvalue weighted by Gasteiger charge is 2.32. The van der Waals surface area contributed by atoms with Crippen molar-refractivity contribution in [2.75, 3.05) is 52.7 Å². The maximum Gasteiger partial charge on any atom is 0.0971 e. The number of hydrogen-bond donors (Lipinski definition) is 1. The molecule has 5 heteroatoms. The first-order valence-corrected chi connectivity index (χ1v) is 7.98. The molecule has 18 heavy (non-hydrogen) atoms. The van der Waals surface area contributed by atoms with Crippen molar-refractivity contribution in [1.29, 1.82) is 0 Å². The molecule has 2 unspecified atom stereocenters. The van der Waals surface area contributed by atoms with Crippen LogP contribution in [0.2, 0.25) is 0 Å². The van der Waals surface area contributed by atoms with E-state index in [2.05, 4.69) is 22.0 Å². The lowest BCUT2D eigenvalue weighted by Gasteiger charge is -2.23. The van der Waals surface area contributed by atoms with Crippen molar-refractivity contribution in [3.8, 4) is 0 Å². The van der Waals surface area contributed by atoms with E-state index in [4.69, 9.17) is 9.47 Å². The van der Waals surface area contributed by atoms with E-state index >= 15 is 0 Å². The molecule has 0 saturated carbocycles. The number of thioether (sulfide) groups is 1. The Hall–Kier alpha value is 0.190. The Morgan fingerprint density at radius 2 is 1.72 bits per heavy atom. The second kappa shape index (κ2) is 7.70. The van der Waals surface area contributed by atoms with Crippen molar-refractivity contribution in [3.05, 3.63) is 0 Å². The molecule has 2 fully saturated rings. The van der Waals surface area contributed by atoms with E-state index in [9.17, 15) is 0 Å². The van der Waals surface area contributed by atoms with Gasteiger partial charge in [-0.3, -0.25) is 4.90 Å². The maximum absolute atomic E-state index is 5.46. The van der Waals surface area contributed by atoms with Crippen molar-refractivity contribution in [2.24, 2.45) is 0 Å². The van der Waals surface area contributed by atoms with Crippen LogP contribution >= 0.6 is 11.8 Å². The number of methoxy groups -OCH3 is 2. The van der Waals surface area contributed by atoms with Gasteiger partial charge in [0.05, 0.1) is 12.2 Å². The predicted octanol–water partition coefficient (Wildman–Crippen LogP) is 0.817. The van der Waals surface area contributed by atoms with Gasteiger partial charge in [0.2, 0.25) is 0 Å². The van der Waals surface area contributed by atoms with Crippen molar-refractivity contribution in [2.45, 2.75) is 30.3 Å². The van der Waals surface area contributed by atoms with Gasteiger partial charge in [-0.1, -0.05) is 0 Å². The minimum absolute atomic E-state index is 0.249. The highest BCUT2D eigenvalue weighted by atomic mass is 32.2. The first-order valence-electron chi connectivity index (χ1n) is 6.93. The van der Waals surface area contributed by atoms with Crippen LogP contribution in [0.5, 0.6) is 0 Å². The van der Waals surface area contributed by atoms with Gasteiger partial charge in [0.1, 0.15) is 0 Å². The van der Waals surface area contributed by atoms with E-state index in [1.807, 2.05) is 0 Å². The predicted molar refractivity (Wildman–Crippen MR) is 76.4 cm³/mol. The number of nitrogens with zero attached hydrogens (tertiary/aromatic N) is 1. The zero-order chi connectivity index (χ0) is 12.8. The molecule has 0 aromatic heterocycles. The third-order valence-corrected chi connectivity index (χ3v) is 5.30. The van der Waals surface area contributed by atoms with Crippen LogP contribution in [0.3, 0.4) is 0 Å². The summed E-state index contributed by atoms with van der Waals surface area (Å²) in [4.78, 5) is 2.47. The van der Waals surface area contributed by atoms with Gasteiger partial charge in [0.15, 0.2) is 0 Å². The summed E-state index contributed by atoms with van der Waals surface area (Å²) in [6, 6.07) is 0. The molecular weight excluding hydrogens is 248 g/mol. The number of hydrogen-bond acceptors (Lipinski definition) is 5. The lowest BCUT2D eigenvalue weighted by molar-refractivity contribution is -0.00461. The average molecular weight is 274 g/mol. The minimum Gasteiger partial charge on any atom is -0.377 e. The molecule has 2 heterocycles. The number of piperidine rings is 1. The summed E-state index contributed by atoms with van der Waals surface area (Å²) in [7, 11) is 3.56. The molecule has 106 valence electrons. The molecule has 1 N–H and O–H groups in total. The van der Waals surface area contributed by atoms with Gasteiger partial charge in [-0.05, 0) is 25.9 Å². The number of rotatable bonds is 6. The highest BCUT2D eigenvalue weighted by molar-refractivity contribution is 7.99. The van der Waals surface area contributed by atoms with Crippen LogP contribution in [0.1, 0.15) is 12.8 Å². The van der Waals surface area contributed by atoms with Crippen LogP contribution < -0.4 is 5.32 Å². The zero-order valence-corrected chi connectivity index (χ0v) is 12.4. The number of likely N-dealkylation sites (tertiary alicyclic amines) is 1. The van der Waals surface area contributed by atoms with Crippen LogP contribution in [0.4, 0.5) is 0 Å². The van der Waals surface area contributed by atoms with Crippen LogP contribution in [0.15, 0.2) is 0 Å². The Bertz CT molecular complexity index is 225. The van der Waals surface area contributed by atoms with Gasteiger partial charge in [0, 0.05) is 44.9 Å². The van der Waals surface area contributed by atoms with Gasteiger partial charge in [0.25, 0.3) is 0 Å². The lowest BCUT2D eigenvalue weighted by Crippen LogP contribution is -2.30. The first kappa shape index (κ1) is 14.6. The Labute approximate surface area is 115 Å². The van der Waals surface area contributed by atoms with E-state index in [1.165, 1.54) is 31.7 Å². The van der Waals surface area contributed by atoms with E-state index in [0.29, 0.717) is 0 Å². The van der Waals surface area contributed by atoms with Gasteiger partial charge < -0.3 is 14.8 Å².